The number of hydrogen-bond acceptors (Lipinski definition) is 3. The van der Waals surface area contributed by atoms with Gasteiger partial charge in [0.25, 0.3) is 0 Å². The fourth-order valence-corrected chi connectivity index (χ4v) is 1.74. The molecule has 0 unspecified atom stereocenters. The molecule has 0 bridgehead atoms. The van der Waals surface area contributed by atoms with Gasteiger partial charge in [0.15, 0.2) is 5.96 Å². The van der Waals surface area contributed by atoms with Crippen LogP contribution in [0.15, 0.2) is 29.3 Å². The lowest BCUT2D eigenvalue weighted by molar-refractivity contribution is 0.414. The predicted molar refractivity (Wildman–Crippen MR) is 88.8 cm³/mol. The van der Waals surface area contributed by atoms with Crippen molar-refractivity contribution >= 4 is 17.7 Å². The minimum atomic E-state index is 0.192. The maximum atomic E-state index is 5.15. The molecule has 0 atom stereocenters. The first-order valence-electron chi connectivity index (χ1n) is 6.63. The molecule has 4 nitrogen and oxygen atoms in total. The molecule has 0 aliphatic heterocycles. The molecule has 5 heteroatoms. The topological polar surface area (TPSA) is 45.7 Å². The quantitative estimate of drug-likeness (QED) is 0.625. The van der Waals surface area contributed by atoms with Gasteiger partial charge in [-0.3, -0.25) is 4.99 Å². The molecule has 20 heavy (non-hydrogen) atoms. The molecule has 0 aliphatic carbocycles. The first-order chi connectivity index (χ1) is 9.50. The molecule has 1 rings (SSSR count). The van der Waals surface area contributed by atoms with Gasteiger partial charge in [-0.2, -0.15) is 11.8 Å². The highest BCUT2D eigenvalue weighted by Gasteiger charge is 2.15. The van der Waals surface area contributed by atoms with Gasteiger partial charge in [-0.25, -0.2) is 0 Å². The summed E-state index contributed by atoms with van der Waals surface area (Å²) in [6, 6.07) is 8.02. The molecule has 0 aromatic heterocycles. The number of aliphatic imine (C=N–C) groups is 1. The Bertz CT molecular complexity index is 429. The molecule has 0 amide bonds. The molecule has 112 valence electrons. The molecule has 0 saturated heterocycles. The lowest BCUT2D eigenvalue weighted by Crippen LogP contribution is -2.42. The van der Waals surface area contributed by atoms with Crippen molar-refractivity contribution in [2.75, 3.05) is 27.0 Å². The van der Waals surface area contributed by atoms with E-state index in [4.69, 9.17) is 4.74 Å². The Hall–Kier alpha value is -1.36. The van der Waals surface area contributed by atoms with Gasteiger partial charge in [-0.1, -0.05) is 12.1 Å². The number of guanidine groups is 1. The first-order valence-corrected chi connectivity index (χ1v) is 7.86. The predicted octanol–water partition coefficient (Wildman–Crippen LogP) is 2.50. The summed E-state index contributed by atoms with van der Waals surface area (Å²) >= 11 is 1.84. The summed E-state index contributed by atoms with van der Waals surface area (Å²) in [5, 5.41) is 6.66. The van der Waals surface area contributed by atoms with Crippen molar-refractivity contribution in [1.82, 2.24) is 10.6 Å². The minimum Gasteiger partial charge on any atom is -0.497 e. The first kappa shape index (κ1) is 16.7. The van der Waals surface area contributed by atoms with Gasteiger partial charge in [0.1, 0.15) is 5.75 Å². The number of nitrogens with zero attached hydrogens (tertiary/aromatic N) is 1. The van der Waals surface area contributed by atoms with Gasteiger partial charge in [0.2, 0.25) is 0 Å². The van der Waals surface area contributed by atoms with E-state index < -0.39 is 0 Å². The van der Waals surface area contributed by atoms with Crippen molar-refractivity contribution in [1.29, 1.82) is 0 Å². The molecule has 1 aromatic rings. The van der Waals surface area contributed by atoms with Crippen LogP contribution in [0.5, 0.6) is 5.75 Å². The third kappa shape index (κ3) is 5.74. The van der Waals surface area contributed by atoms with E-state index in [1.165, 1.54) is 5.56 Å². The summed E-state index contributed by atoms with van der Waals surface area (Å²) in [5.74, 6) is 1.70. The van der Waals surface area contributed by atoms with Crippen LogP contribution in [0.4, 0.5) is 0 Å². The Morgan fingerprint density at radius 2 is 1.90 bits per heavy atom. The van der Waals surface area contributed by atoms with Crippen molar-refractivity contribution in [2.45, 2.75) is 25.1 Å². The van der Waals surface area contributed by atoms with Crippen LogP contribution in [0.25, 0.3) is 0 Å². The molecular formula is C15H25N3OS. The van der Waals surface area contributed by atoms with Gasteiger partial charge < -0.3 is 15.4 Å². The van der Waals surface area contributed by atoms with Crippen LogP contribution in [0.3, 0.4) is 0 Å². The summed E-state index contributed by atoms with van der Waals surface area (Å²) < 4.78 is 5.34. The zero-order chi connectivity index (χ0) is 15.0. The maximum absolute atomic E-state index is 5.15. The monoisotopic (exact) mass is 295 g/mol. The second-order valence-corrected chi connectivity index (χ2v) is 6.60. The summed E-state index contributed by atoms with van der Waals surface area (Å²) in [5.41, 5.74) is 1.19. The van der Waals surface area contributed by atoms with Gasteiger partial charge in [0, 0.05) is 24.9 Å². The maximum Gasteiger partial charge on any atom is 0.191 e. The lowest BCUT2D eigenvalue weighted by atomic mass is 10.2. The lowest BCUT2D eigenvalue weighted by Gasteiger charge is -2.23. The highest BCUT2D eigenvalue weighted by atomic mass is 32.2. The number of ether oxygens (including phenoxy) is 1. The molecule has 0 heterocycles. The average molecular weight is 295 g/mol. The Kier molecular flexibility index (Phi) is 6.71. The van der Waals surface area contributed by atoms with Crippen molar-refractivity contribution in [3.8, 4) is 5.75 Å². The van der Waals surface area contributed by atoms with Crippen molar-refractivity contribution < 1.29 is 4.74 Å². The number of benzene rings is 1. The summed E-state index contributed by atoms with van der Waals surface area (Å²) in [6.45, 7) is 6.03. The Morgan fingerprint density at radius 3 is 2.40 bits per heavy atom. The Balaban J connectivity index is 2.45. The Labute approximate surface area is 126 Å². The molecule has 1 aromatic carbocycles. The third-order valence-corrected chi connectivity index (χ3v) is 4.33. The highest BCUT2D eigenvalue weighted by Crippen LogP contribution is 2.19. The molecule has 0 aliphatic rings. The average Bonchev–Trinajstić information content (AvgIpc) is 2.48. The number of thioether (sulfide) groups is 1. The van der Waals surface area contributed by atoms with Crippen LogP contribution in [-0.2, 0) is 6.54 Å². The van der Waals surface area contributed by atoms with E-state index in [9.17, 15) is 0 Å². The zero-order valence-corrected chi connectivity index (χ0v) is 13.8. The standard InChI is InChI=1S/C15H25N3OS/c1-15(2,20-5)11-18-14(16-3)17-10-12-6-8-13(19-4)9-7-12/h6-9H,10-11H2,1-5H3,(H2,16,17,18). The van der Waals surface area contributed by atoms with Crippen LogP contribution < -0.4 is 15.4 Å². The van der Waals surface area contributed by atoms with E-state index in [2.05, 4.69) is 35.7 Å². The van der Waals surface area contributed by atoms with Crippen LogP contribution >= 0.6 is 11.8 Å². The fraction of sp³-hybridized carbons (Fsp3) is 0.533. The van der Waals surface area contributed by atoms with E-state index in [1.54, 1.807) is 14.2 Å². The molecular weight excluding hydrogens is 270 g/mol. The number of rotatable bonds is 6. The molecule has 2 N–H and O–H groups in total. The fourth-order valence-electron chi connectivity index (χ4n) is 1.52. The highest BCUT2D eigenvalue weighted by molar-refractivity contribution is 7.99. The van der Waals surface area contributed by atoms with Gasteiger partial charge in [-0.15, -0.1) is 0 Å². The summed E-state index contributed by atoms with van der Waals surface area (Å²) in [6.07, 6.45) is 2.12. The van der Waals surface area contributed by atoms with Crippen LogP contribution in [0, 0.1) is 0 Å². The third-order valence-electron chi connectivity index (χ3n) is 3.08. The van der Waals surface area contributed by atoms with Gasteiger partial charge >= 0.3 is 0 Å². The SMILES string of the molecule is CN=C(NCc1ccc(OC)cc1)NCC(C)(C)SC. The zero-order valence-electron chi connectivity index (χ0n) is 13.0. The van der Waals surface area contributed by atoms with Crippen molar-refractivity contribution in [3.05, 3.63) is 29.8 Å². The second-order valence-electron chi connectivity index (χ2n) is 5.09. The minimum absolute atomic E-state index is 0.192. The van der Waals surface area contributed by atoms with E-state index in [0.29, 0.717) is 0 Å². The molecule has 0 saturated carbocycles. The van der Waals surface area contributed by atoms with E-state index in [0.717, 1.165) is 24.8 Å². The van der Waals surface area contributed by atoms with Crippen molar-refractivity contribution in [2.24, 2.45) is 4.99 Å². The number of methoxy groups -OCH3 is 1. The summed E-state index contributed by atoms with van der Waals surface area (Å²) in [4.78, 5) is 4.23. The molecule has 0 spiro atoms. The van der Waals surface area contributed by atoms with Gasteiger partial charge in [0.05, 0.1) is 7.11 Å². The van der Waals surface area contributed by atoms with Crippen molar-refractivity contribution in [3.63, 3.8) is 0 Å². The largest absolute Gasteiger partial charge is 0.497 e. The van der Waals surface area contributed by atoms with E-state index in [1.807, 2.05) is 36.0 Å². The van der Waals surface area contributed by atoms with E-state index in [-0.39, 0.29) is 4.75 Å². The summed E-state index contributed by atoms with van der Waals surface area (Å²) in [7, 11) is 3.46. The van der Waals surface area contributed by atoms with Gasteiger partial charge in [-0.05, 0) is 37.8 Å². The molecule has 0 fully saturated rings. The van der Waals surface area contributed by atoms with E-state index >= 15 is 0 Å². The molecule has 0 radical (unpaired) electrons. The normalized spacial score (nSPS) is 12.2. The second kappa shape index (κ2) is 8.04. The number of nitrogens with one attached hydrogen (secondary N) is 2. The number of hydrogen-bond donors (Lipinski definition) is 2. The smallest absolute Gasteiger partial charge is 0.191 e. The van der Waals surface area contributed by atoms with Crippen LogP contribution in [0.1, 0.15) is 19.4 Å². The Morgan fingerprint density at radius 1 is 1.25 bits per heavy atom. The van der Waals surface area contributed by atoms with Crippen LogP contribution in [0.2, 0.25) is 0 Å². The van der Waals surface area contributed by atoms with Crippen LogP contribution in [-0.4, -0.2) is 37.7 Å².